The lowest BCUT2D eigenvalue weighted by atomic mass is 9.85. The van der Waals surface area contributed by atoms with Crippen molar-refractivity contribution in [2.24, 2.45) is 0 Å². The Hall–Kier alpha value is -0.650. The molecule has 3 unspecified atom stereocenters. The molecule has 5 nitrogen and oxygen atoms in total. The molecule has 0 bridgehead atoms. The number of ether oxygens (including phenoxy) is 3. The van der Waals surface area contributed by atoms with Crippen LogP contribution in [0.4, 0.5) is 0 Å². The Morgan fingerprint density at radius 2 is 2.11 bits per heavy atom. The van der Waals surface area contributed by atoms with E-state index < -0.39 is 0 Å². The zero-order chi connectivity index (χ0) is 13.4. The highest BCUT2D eigenvalue weighted by Gasteiger charge is 2.41. The van der Waals surface area contributed by atoms with E-state index in [4.69, 9.17) is 14.2 Å². The van der Waals surface area contributed by atoms with E-state index in [1.807, 2.05) is 13.8 Å². The lowest BCUT2D eigenvalue weighted by molar-refractivity contribution is -0.143. The number of esters is 1. The second-order valence-corrected chi connectivity index (χ2v) is 4.40. The minimum atomic E-state index is -0.122. The van der Waals surface area contributed by atoms with Crippen LogP contribution in [0.2, 0.25) is 0 Å². The Labute approximate surface area is 109 Å². The van der Waals surface area contributed by atoms with Gasteiger partial charge in [0.05, 0.1) is 18.8 Å². The molecular weight excluding hydrogens is 234 g/mol. The molecule has 0 aromatic carbocycles. The van der Waals surface area contributed by atoms with Crippen LogP contribution in [0.1, 0.15) is 33.1 Å². The van der Waals surface area contributed by atoms with Crippen molar-refractivity contribution < 1.29 is 19.0 Å². The minimum absolute atomic E-state index is 0.122. The molecule has 1 fully saturated rings. The molecule has 0 radical (unpaired) electrons. The van der Waals surface area contributed by atoms with Crippen LogP contribution in [0.5, 0.6) is 0 Å². The van der Waals surface area contributed by atoms with Crippen molar-refractivity contribution in [3.05, 3.63) is 0 Å². The van der Waals surface area contributed by atoms with Gasteiger partial charge in [0, 0.05) is 26.2 Å². The fraction of sp³-hybridized carbons (Fsp3) is 0.923. The molecule has 0 aromatic rings. The van der Waals surface area contributed by atoms with E-state index >= 15 is 0 Å². The molecule has 18 heavy (non-hydrogen) atoms. The summed E-state index contributed by atoms with van der Waals surface area (Å²) >= 11 is 0. The Morgan fingerprint density at radius 1 is 1.33 bits per heavy atom. The topological polar surface area (TPSA) is 56.8 Å². The largest absolute Gasteiger partial charge is 0.466 e. The number of hydrogen-bond acceptors (Lipinski definition) is 5. The molecule has 1 aliphatic carbocycles. The minimum Gasteiger partial charge on any atom is -0.466 e. The summed E-state index contributed by atoms with van der Waals surface area (Å²) in [5.74, 6) is -0.122. The molecule has 1 N–H and O–H groups in total. The molecule has 3 atom stereocenters. The SMILES string of the molecule is CCOC(=O)CCCNC1CC(OCC)C1OC. The summed E-state index contributed by atoms with van der Waals surface area (Å²) in [6.07, 6.45) is 2.59. The summed E-state index contributed by atoms with van der Waals surface area (Å²) in [7, 11) is 1.71. The van der Waals surface area contributed by atoms with Crippen LogP contribution in [0, 0.1) is 0 Å². The third-order valence-corrected chi connectivity index (χ3v) is 3.17. The highest BCUT2D eigenvalue weighted by Crippen LogP contribution is 2.26. The van der Waals surface area contributed by atoms with E-state index in [-0.39, 0.29) is 18.2 Å². The fourth-order valence-electron chi connectivity index (χ4n) is 2.23. The molecule has 5 heteroatoms. The first-order valence-electron chi connectivity index (χ1n) is 6.76. The van der Waals surface area contributed by atoms with Crippen molar-refractivity contribution in [2.45, 2.75) is 51.4 Å². The van der Waals surface area contributed by atoms with Gasteiger partial charge in [0.25, 0.3) is 0 Å². The van der Waals surface area contributed by atoms with Gasteiger partial charge in [-0.15, -0.1) is 0 Å². The number of hydrogen-bond donors (Lipinski definition) is 1. The molecule has 1 rings (SSSR count). The molecule has 106 valence electrons. The summed E-state index contributed by atoms with van der Waals surface area (Å²) in [4.78, 5) is 11.1. The van der Waals surface area contributed by atoms with Gasteiger partial charge < -0.3 is 19.5 Å². The van der Waals surface area contributed by atoms with Crippen molar-refractivity contribution in [1.29, 1.82) is 0 Å². The molecule has 0 aromatic heterocycles. The van der Waals surface area contributed by atoms with Gasteiger partial charge in [-0.1, -0.05) is 0 Å². The molecule has 0 aliphatic heterocycles. The first-order valence-corrected chi connectivity index (χ1v) is 6.76. The van der Waals surface area contributed by atoms with Gasteiger partial charge in [-0.25, -0.2) is 0 Å². The zero-order valence-corrected chi connectivity index (χ0v) is 11.6. The maximum Gasteiger partial charge on any atom is 0.305 e. The standard InChI is InChI=1S/C13H25NO4/c1-4-17-11-9-10(13(11)16-3)14-8-6-7-12(15)18-5-2/h10-11,13-14H,4-9H2,1-3H3. The average molecular weight is 259 g/mol. The second kappa shape index (κ2) is 8.45. The average Bonchev–Trinajstić information content (AvgIpc) is 2.32. The first kappa shape index (κ1) is 15.4. The van der Waals surface area contributed by atoms with E-state index in [9.17, 15) is 4.79 Å². The molecule has 0 saturated heterocycles. The maximum absolute atomic E-state index is 11.1. The van der Waals surface area contributed by atoms with Crippen molar-refractivity contribution in [1.82, 2.24) is 5.32 Å². The van der Waals surface area contributed by atoms with Crippen LogP contribution < -0.4 is 5.32 Å². The Bertz CT molecular complexity index is 247. The van der Waals surface area contributed by atoms with Gasteiger partial charge in [-0.2, -0.15) is 0 Å². The van der Waals surface area contributed by atoms with Gasteiger partial charge in [0.15, 0.2) is 0 Å². The number of nitrogens with one attached hydrogen (secondary N) is 1. The van der Waals surface area contributed by atoms with Gasteiger partial charge in [-0.05, 0) is 33.2 Å². The lowest BCUT2D eigenvalue weighted by Crippen LogP contribution is -2.59. The highest BCUT2D eigenvalue weighted by molar-refractivity contribution is 5.69. The van der Waals surface area contributed by atoms with Crippen LogP contribution in [0.15, 0.2) is 0 Å². The first-order chi connectivity index (χ1) is 8.72. The molecule has 0 spiro atoms. The fourth-order valence-corrected chi connectivity index (χ4v) is 2.23. The van der Waals surface area contributed by atoms with Gasteiger partial charge in [0.1, 0.15) is 0 Å². The van der Waals surface area contributed by atoms with Gasteiger partial charge in [-0.3, -0.25) is 4.79 Å². The quantitative estimate of drug-likeness (QED) is 0.496. The predicted molar refractivity (Wildman–Crippen MR) is 68.5 cm³/mol. The molecule has 1 aliphatic rings. The van der Waals surface area contributed by atoms with Crippen molar-refractivity contribution >= 4 is 5.97 Å². The van der Waals surface area contributed by atoms with Crippen LogP contribution in [-0.4, -0.2) is 51.1 Å². The maximum atomic E-state index is 11.1. The zero-order valence-electron chi connectivity index (χ0n) is 11.6. The third kappa shape index (κ3) is 4.55. The Morgan fingerprint density at radius 3 is 2.72 bits per heavy atom. The summed E-state index contributed by atoms with van der Waals surface area (Å²) in [5, 5.41) is 3.39. The smallest absolute Gasteiger partial charge is 0.305 e. The van der Waals surface area contributed by atoms with E-state index in [0.29, 0.717) is 19.1 Å². The number of rotatable bonds is 9. The number of carbonyl (C=O) groups excluding carboxylic acids is 1. The van der Waals surface area contributed by atoms with Gasteiger partial charge >= 0.3 is 5.97 Å². The normalized spacial score (nSPS) is 26.7. The van der Waals surface area contributed by atoms with Crippen LogP contribution in [0.3, 0.4) is 0 Å². The number of methoxy groups -OCH3 is 1. The van der Waals surface area contributed by atoms with Crippen molar-refractivity contribution in [2.75, 3.05) is 26.9 Å². The van der Waals surface area contributed by atoms with Crippen LogP contribution >= 0.6 is 0 Å². The van der Waals surface area contributed by atoms with Crippen molar-refractivity contribution in [3.63, 3.8) is 0 Å². The summed E-state index contributed by atoms with van der Waals surface area (Å²) in [6.45, 7) is 5.80. The highest BCUT2D eigenvalue weighted by atomic mass is 16.5. The lowest BCUT2D eigenvalue weighted by Gasteiger charge is -2.43. The van der Waals surface area contributed by atoms with Gasteiger partial charge in [0.2, 0.25) is 0 Å². The second-order valence-electron chi connectivity index (χ2n) is 4.40. The summed E-state index contributed by atoms with van der Waals surface area (Å²) in [5.41, 5.74) is 0. The molecule has 0 amide bonds. The summed E-state index contributed by atoms with van der Waals surface area (Å²) in [6, 6.07) is 0.341. The monoisotopic (exact) mass is 259 g/mol. The van der Waals surface area contributed by atoms with E-state index in [1.54, 1.807) is 7.11 Å². The summed E-state index contributed by atoms with van der Waals surface area (Å²) < 4.78 is 15.8. The molecule has 0 heterocycles. The molecular formula is C13H25NO4. The third-order valence-electron chi connectivity index (χ3n) is 3.17. The number of carbonyl (C=O) groups is 1. The molecule has 1 saturated carbocycles. The van der Waals surface area contributed by atoms with Crippen LogP contribution in [-0.2, 0) is 19.0 Å². The predicted octanol–water partition coefficient (Wildman–Crippen LogP) is 1.11. The van der Waals surface area contributed by atoms with E-state index in [0.717, 1.165) is 26.0 Å². The Kier molecular flexibility index (Phi) is 7.23. The van der Waals surface area contributed by atoms with Crippen LogP contribution in [0.25, 0.3) is 0 Å². The Balaban J connectivity index is 2.08. The van der Waals surface area contributed by atoms with E-state index in [2.05, 4.69) is 5.32 Å². The van der Waals surface area contributed by atoms with E-state index in [1.165, 1.54) is 0 Å². The van der Waals surface area contributed by atoms with Crippen molar-refractivity contribution in [3.8, 4) is 0 Å².